The molecule has 3 nitrogen and oxygen atoms in total. The van der Waals surface area contributed by atoms with E-state index in [-0.39, 0.29) is 0 Å². The molecule has 0 spiro atoms. The van der Waals surface area contributed by atoms with Crippen molar-refractivity contribution in [3.63, 3.8) is 0 Å². The lowest BCUT2D eigenvalue weighted by Gasteiger charge is -2.10. The molecule has 1 aliphatic heterocycles. The number of nitrogens with one attached hydrogen (secondary N) is 1. The van der Waals surface area contributed by atoms with Crippen molar-refractivity contribution in [1.29, 1.82) is 0 Å². The molecule has 2 heterocycles. The van der Waals surface area contributed by atoms with Crippen LogP contribution in [-0.4, -0.2) is 16.3 Å². The average Bonchev–Trinajstić information content (AvgIpc) is 3.18. The first-order chi connectivity index (χ1) is 10.9. The summed E-state index contributed by atoms with van der Waals surface area (Å²) in [7, 11) is 0. The second-order valence-electron chi connectivity index (χ2n) is 5.61. The summed E-state index contributed by atoms with van der Waals surface area (Å²) in [6.07, 6.45) is 2.04. The molecule has 0 amide bonds. The van der Waals surface area contributed by atoms with Crippen LogP contribution in [-0.2, 0) is 12.8 Å². The van der Waals surface area contributed by atoms with Crippen LogP contribution >= 0.6 is 0 Å². The smallest absolute Gasteiger partial charge is 0.133 e. The minimum Gasteiger partial charge on any atom is -0.369 e. The summed E-state index contributed by atoms with van der Waals surface area (Å²) < 4.78 is 2.09. The van der Waals surface area contributed by atoms with Crippen molar-refractivity contribution in [2.45, 2.75) is 19.8 Å². The van der Waals surface area contributed by atoms with Gasteiger partial charge in [0.25, 0.3) is 0 Å². The number of anilines is 1. The molecule has 22 heavy (non-hydrogen) atoms. The molecule has 0 radical (unpaired) electrons. The zero-order valence-corrected chi connectivity index (χ0v) is 12.7. The van der Waals surface area contributed by atoms with E-state index in [0.29, 0.717) is 0 Å². The first kappa shape index (κ1) is 13.1. The molecular weight excluding hydrogens is 270 g/mol. The zero-order chi connectivity index (χ0) is 14.9. The van der Waals surface area contributed by atoms with Crippen LogP contribution in [0.15, 0.2) is 54.6 Å². The maximum absolute atomic E-state index is 4.94. The summed E-state index contributed by atoms with van der Waals surface area (Å²) in [5.74, 6) is 1.15. The van der Waals surface area contributed by atoms with Gasteiger partial charge in [-0.2, -0.15) is 5.10 Å². The number of fused-ring (bicyclic) bond motifs is 1. The topological polar surface area (TPSA) is 29.9 Å². The molecule has 0 unspecified atom stereocenters. The maximum atomic E-state index is 4.94. The first-order valence-electron chi connectivity index (χ1n) is 7.88. The molecule has 0 saturated heterocycles. The van der Waals surface area contributed by atoms with Gasteiger partial charge in [0.05, 0.1) is 11.4 Å². The van der Waals surface area contributed by atoms with Gasteiger partial charge in [-0.1, -0.05) is 55.5 Å². The second-order valence-corrected chi connectivity index (χ2v) is 5.61. The lowest BCUT2D eigenvalue weighted by molar-refractivity contribution is 0.866. The molecule has 3 heteroatoms. The molecule has 2 aromatic carbocycles. The molecule has 110 valence electrons. The van der Waals surface area contributed by atoms with Gasteiger partial charge in [0.15, 0.2) is 0 Å². The van der Waals surface area contributed by atoms with Crippen molar-refractivity contribution < 1.29 is 0 Å². The third-order valence-electron chi connectivity index (χ3n) is 4.30. The SMILES string of the molecule is CCc1ccccc1-n1nc(-c2ccccc2)c2c1NCC2. The molecule has 1 aliphatic rings. The van der Waals surface area contributed by atoms with Gasteiger partial charge in [-0.25, -0.2) is 4.68 Å². The minimum atomic E-state index is 0.987. The van der Waals surface area contributed by atoms with E-state index in [1.54, 1.807) is 0 Å². The van der Waals surface area contributed by atoms with Crippen LogP contribution in [0.3, 0.4) is 0 Å². The summed E-state index contributed by atoms with van der Waals surface area (Å²) in [5, 5.41) is 8.44. The van der Waals surface area contributed by atoms with Crippen molar-refractivity contribution >= 4 is 5.82 Å². The third kappa shape index (κ3) is 2.01. The van der Waals surface area contributed by atoms with Gasteiger partial charge in [-0.3, -0.25) is 0 Å². The van der Waals surface area contributed by atoms with E-state index in [1.807, 2.05) is 6.07 Å². The Hall–Kier alpha value is -2.55. The minimum absolute atomic E-state index is 0.987. The van der Waals surface area contributed by atoms with Crippen LogP contribution in [0.4, 0.5) is 5.82 Å². The summed E-state index contributed by atoms with van der Waals surface area (Å²) in [5.41, 5.74) is 6.12. The van der Waals surface area contributed by atoms with Crippen molar-refractivity contribution in [2.24, 2.45) is 0 Å². The van der Waals surface area contributed by atoms with E-state index < -0.39 is 0 Å². The summed E-state index contributed by atoms with van der Waals surface area (Å²) >= 11 is 0. The van der Waals surface area contributed by atoms with Gasteiger partial charge < -0.3 is 5.32 Å². The number of aromatic nitrogens is 2. The molecule has 1 N–H and O–H groups in total. The highest BCUT2D eigenvalue weighted by Crippen LogP contribution is 2.35. The van der Waals surface area contributed by atoms with Crippen LogP contribution in [0.1, 0.15) is 18.1 Å². The summed E-state index contributed by atoms with van der Waals surface area (Å²) in [6.45, 7) is 3.18. The number of para-hydroxylation sites is 1. The Labute approximate surface area is 130 Å². The Bertz CT molecular complexity index is 803. The van der Waals surface area contributed by atoms with E-state index in [1.165, 1.54) is 22.4 Å². The van der Waals surface area contributed by atoms with E-state index in [2.05, 4.69) is 65.5 Å². The summed E-state index contributed by atoms with van der Waals surface area (Å²) in [4.78, 5) is 0. The fourth-order valence-electron chi connectivity index (χ4n) is 3.19. The number of benzene rings is 2. The molecule has 1 aromatic heterocycles. The Balaban J connectivity index is 1.92. The van der Waals surface area contributed by atoms with Crippen LogP contribution in [0.25, 0.3) is 16.9 Å². The number of hydrogen-bond acceptors (Lipinski definition) is 2. The maximum Gasteiger partial charge on any atom is 0.133 e. The van der Waals surface area contributed by atoms with Gasteiger partial charge in [0.1, 0.15) is 5.82 Å². The number of aryl methyl sites for hydroxylation is 1. The van der Waals surface area contributed by atoms with E-state index in [4.69, 9.17) is 5.10 Å². The van der Waals surface area contributed by atoms with Crippen LogP contribution in [0, 0.1) is 0 Å². The molecular formula is C19H19N3. The Morgan fingerprint density at radius 1 is 1.05 bits per heavy atom. The van der Waals surface area contributed by atoms with Crippen molar-refractivity contribution in [1.82, 2.24) is 9.78 Å². The van der Waals surface area contributed by atoms with Crippen molar-refractivity contribution in [3.05, 3.63) is 65.7 Å². The standard InChI is InChI=1S/C19H19N3/c1-2-14-8-6-7-11-17(14)22-19-16(12-13-20-19)18(21-22)15-9-4-3-5-10-15/h3-11,20H,2,12-13H2,1H3. The van der Waals surface area contributed by atoms with Crippen LogP contribution in [0.5, 0.6) is 0 Å². The Kier molecular flexibility index (Phi) is 3.19. The lowest BCUT2D eigenvalue weighted by Crippen LogP contribution is -2.06. The number of rotatable bonds is 3. The monoisotopic (exact) mass is 289 g/mol. The molecule has 0 fully saturated rings. The van der Waals surface area contributed by atoms with Gasteiger partial charge in [0, 0.05) is 17.7 Å². The first-order valence-corrected chi connectivity index (χ1v) is 7.88. The van der Waals surface area contributed by atoms with Crippen molar-refractivity contribution in [3.8, 4) is 16.9 Å². The second kappa shape index (κ2) is 5.34. The van der Waals surface area contributed by atoms with Gasteiger partial charge in [-0.15, -0.1) is 0 Å². The van der Waals surface area contributed by atoms with Gasteiger partial charge in [0.2, 0.25) is 0 Å². The third-order valence-corrected chi connectivity index (χ3v) is 4.30. The molecule has 4 rings (SSSR count). The van der Waals surface area contributed by atoms with Crippen LogP contribution in [0.2, 0.25) is 0 Å². The van der Waals surface area contributed by atoms with E-state index in [9.17, 15) is 0 Å². The van der Waals surface area contributed by atoms with Crippen LogP contribution < -0.4 is 5.32 Å². The predicted octanol–water partition coefficient (Wildman–Crippen LogP) is 4.07. The Morgan fingerprint density at radius 2 is 1.82 bits per heavy atom. The summed E-state index contributed by atoms with van der Waals surface area (Å²) in [6, 6.07) is 19.0. The molecule has 0 aliphatic carbocycles. The van der Waals surface area contributed by atoms with Gasteiger partial charge in [-0.05, 0) is 24.5 Å². The van der Waals surface area contributed by atoms with E-state index in [0.717, 1.165) is 30.9 Å². The predicted molar refractivity (Wildman–Crippen MR) is 90.6 cm³/mol. The average molecular weight is 289 g/mol. The fourth-order valence-corrected chi connectivity index (χ4v) is 3.19. The highest BCUT2D eigenvalue weighted by atomic mass is 15.3. The number of nitrogens with zero attached hydrogens (tertiary/aromatic N) is 2. The highest BCUT2D eigenvalue weighted by Gasteiger charge is 2.24. The number of hydrogen-bond donors (Lipinski definition) is 1. The molecule has 0 saturated carbocycles. The zero-order valence-electron chi connectivity index (χ0n) is 12.7. The largest absolute Gasteiger partial charge is 0.369 e. The van der Waals surface area contributed by atoms with Gasteiger partial charge >= 0.3 is 0 Å². The quantitative estimate of drug-likeness (QED) is 0.787. The molecule has 0 bridgehead atoms. The molecule has 3 aromatic rings. The normalized spacial score (nSPS) is 13.0. The van der Waals surface area contributed by atoms with Crippen molar-refractivity contribution in [2.75, 3.05) is 11.9 Å². The molecule has 0 atom stereocenters. The lowest BCUT2D eigenvalue weighted by atomic mass is 10.1. The Morgan fingerprint density at radius 3 is 2.64 bits per heavy atom. The fraction of sp³-hybridized carbons (Fsp3) is 0.211. The van der Waals surface area contributed by atoms with E-state index >= 15 is 0 Å². The highest BCUT2D eigenvalue weighted by molar-refractivity contribution is 5.73.